The van der Waals surface area contributed by atoms with Crippen molar-refractivity contribution in [3.05, 3.63) is 58.8 Å². The molecule has 2 aromatic rings. The number of hydrogen-bond acceptors (Lipinski definition) is 5. The third kappa shape index (κ3) is 3.40. The van der Waals surface area contributed by atoms with Crippen LogP contribution in [0, 0.1) is 0 Å². The third-order valence-electron chi connectivity index (χ3n) is 4.58. The highest BCUT2D eigenvalue weighted by Gasteiger charge is 2.29. The second-order valence-electron chi connectivity index (χ2n) is 6.21. The van der Waals surface area contributed by atoms with E-state index in [4.69, 9.17) is 4.74 Å². The van der Waals surface area contributed by atoms with Crippen molar-refractivity contribution in [3.63, 3.8) is 0 Å². The summed E-state index contributed by atoms with van der Waals surface area (Å²) in [5.41, 5.74) is 3.21. The van der Waals surface area contributed by atoms with Crippen molar-refractivity contribution in [2.24, 2.45) is 0 Å². The maximum atomic E-state index is 12.3. The van der Waals surface area contributed by atoms with Gasteiger partial charge in [-0.2, -0.15) is 0 Å². The highest BCUT2D eigenvalue weighted by atomic mass is 16.5. The molecule has 136 valence electrons. The van der Waals surface area contributed by atoms with Crippen LogP contribution in [0.15, 0.2) is 36.5 Å². The van der Waals surface area contributed by atoms with Crippen LogP contribution in [0.1, 0.15) is 58.7 Å². The average molecular weight is 353 g/mol. The van der Waals surface area contributed by atoms with Crippen molar-refractivity contribution in [1.29, 1.82) is 0 Å². The number of amides is 1. The van der Waals surface area contributed by atoms with Gasteiger partial charge in [0, 0.05) is 29.9 Å². The van der Waals surface area contributed by atoms with Crippen LogP contribution in [0.3, 0.4) is 0 Å². The van der Waals surface area contributed by atoms with Crippen LogP contribution in [0.25, 0.3) is 0 Å². The predicted molar refractivity (Wildman–Crippen MR) is 99.1 cm³/mol. The quantitative estimate of drug-likeness (QED) is 0.806. The molecule has 1 amide bonds. The van der Waals surface area contributed by atoms with Crippen LogP contribution < -0.4 is 5.32 Å². The van der Waals surface area contributed by atoms with Crippen LogP contribution >= 0.6 is 0 Å². The Morgan fingerprint density at radius 3 is 2.65 bits per heavy atom. The molecule has 1 aromatic heterocycles. The van der Waals surface area contributed by atoms with Gasteiger partial charge in [0.15, 0.2) is 0 Å². The van der Waals surface area contributed by atoms with Crippen LogP contribution in [0.4, 0.5) is 5.82 Å². The molecule has 3 rings (SSSR count). The largest absolute Gasteiger partial charge is 0.462 e. The van der Waals surface area contributed by atoms with Gasteiger partial charge in [0.2, 0.25) is 0 Å². The first kappa shape index (κ1) is 17.9. The fraction of sp³-hybridized carbons (Fsp3) is 0.350. The van der Waals surface area contributed by atoms with E-state index in [-0.39, 0.29) is 17.9 Å². The van der Waals surface area contributed by atoms with E-state index in [1.807, 2.05) is 26.0 Å². The van der Waals surface area contributed by atoms with Gasteiger partial charge in [0.25, 0.3) is 5.91 Å². The van der Waals surface area contributed by atoms with Crippen LogP contribution in [-0.2, 0) is 11.3 Å². The second-order valence-corrected chi connectivity index (χ2v) is 6.21. The lowest BCUT2D eigenvalue weighted by Crippen LogP contribution is -2.22. The molecular weight excluding hydrogens is 330 g/mol. The van der Waals surface area contributed by atoms with Crippen molar-refractivity contribution in [2.45, 2.75) is 33.4 Å². The van der Waals surface area contributed by atoms with Gasteiger partial charge in [-0.1, -0.05) is 12.1 Å². The number of carbonyl (C=O) groups is 2. The number of hydrogen-bond donors (Lipinski definition) is 1. The molecule has 0 unspecified atom stereocenters. The summed E-state index contributed by atoms with van der Waals surface area (Å²) in [6, 6.07) is 9.08. The molecule has 0 aliphatic carbocycles. The summed E-state index contributed by atoms with van der Waals surface area (Å²) in [6.07, 6.45) is 1.66. The molecule has 6 nitrogen and oxygen atoms in total. The number of pyridine rings is 1. The van der Waals surface area contributed by atoms with E-state index in [1.54, 1.807) is 36.2 Å². The van der Waals surface area contributed by atoms with Crippen LogP contribution in [0.2, 0.25) is 0 Å². The maximum Gasteiger partial charge on any atom is 0.338 e. The summed E-state index contributed by atoms with van der Waals surface area (Å²) in [5.74, 6) is 0.466. The molecule has 1 atom stereocenters. The minimum Gasteiger partial charge on any atom is -0.462 e. The number of nitrogens with one attached hydrogen (secondary N) is 1. The Labute approximate surface area is 153 Å². The first-order valence-electron chi connectivity index (χ1n) is 8.85. The number of ether oxygens (including phenoxy) is 1. The smallest absolute Gasteiger partial charge is 0.338 e. The summed E-state index contributed by atoms with van der Waals surface area (Å²) in [7, 11) is 0. The van der Waals surface area contributed by atoms with Gasteiger partial charge in [0.05, 0.1) is 18.7 Å². The maximum absolute atomic E-state index is 12.3. The lowest BCUT2D eigenvalue weighted by atomic mass is 10.1. The number of anilines is 1. The van der Waals surface area contributed by atoms with Crippen molar-refractivity contribution in [1.82, 2.24) is 9.88 Å². The summed E-state index contributed by atoms with van der Waals surface area (Å²) in [5, 5.41) is 3.39. The van der Waals surface area contributed by atoms with E-state index in [1.165, 1.54) is 0 Å². The summed E-state index contributed by atoms with van der Waals surface area (Å²) in [6.45, 7) is 7.39. The van der Waals surface area contributed by atoms with E-state index in [2.05, 4.69) is 10.3 Å². The van der Waals surface area contributed by atoms with Gasteiger partial charge in [-0.15, -0.1) is 0 Å². The van der Waals surface area contributed by atoms with Gasteiger partial charge in [-0.3, -0.25) is 4.79 Å². The summed E-state index contributed by atoms with van der Waals surface area (Å²) >= 11 is 0. The molecular formula is C20H23N3O3. The lowest BCUT2D eigenvalue weighted by molar-refractivity contribution is 0.0526. The molecule has 2 heterocycles. The number of esters is 1. The number of carbonyl (C=O) groups excluding carboxylic acids is 2. The molecule has 0 fully saturated rings. The molecule has 26 heavy (non-hydrogen) atoms. The molecule has 0 saturated carbocycles. The molecule has 0 saturated heterocycles. The number of rotatable bonds is 6. The van der Waals surface area contributed by atoms with Gasteiger partial charge >= 0.3 is 5.97 Å². The molecule has 1 aromatic carbocycles. The topological polar surface area (TPSA) is 71.5 Å². The number of fused-ring (bicyclic) bond motifs is 1. The van der Waals surface area contributed by atoms with E-state index in [0.29, 0.717) is 30.8 Å². The van der Waals surface area contributed by atoms with Crippen molar-refractivity contribution in [3.8, 4) is 0 Å². The second kappa shape index (κ2) is 7.56. The fourth-order valence-corrected chi connectivity index (χ4v) is 3.08. The molecule has 0 spiro atoms. The Morgan fingerprint density at radius 2 is 2.00 bits per heavy atom. The minimum absolute atomic E-state index is 0.0176. The van der Waals surface area contributed by atoms with E-state index >= 15 is 0 Å². The molecule has 6 heteroatoms. The highest BCUT2D eigenvalue weighted by molar-refractivity contribution is 5.99. The van der Waals surface area contributed by atoms with Crippen LogP contribution in [-0.4, -0.2) is 34.9 Å². The van der Waals surface area contributed by atoms with Gasteiger partial charge in [-0.05, 0) is 44.5 Å². The number of nitrogens with zero attached hydrogens (tertiary/aromatic N) is 2. The zero-order valence-electron chi connectivity index (χ0n) is 15.3. The first-order valence-corrected chi connectivity index (χ1v) is 8.85. The lowest BCUT2D eigenvalue weighted by Gasteiger charge is -2.17. The highest BCUT2D eigenvalue weighted by Crippen LogP contribution is 2.29. The van der Waals surface area contributed by atoms with Gasteiger partial charge in [0.1, 0.15) is 5.82 Å². The molecule has 0 bridgehead atoms. The molecule has 1 N–H and O–H groups in total. The summed E-state index contributed by atoms with van der Waals surface area (Å²) < 4.78 is 5.00. The van der Waals surface area contributed by atoms with Crippen LogP contribution in [0.5, 0.6) is 0 Å². The Hall–Kier alpha value is -2.89. The zero-order valence-corrected chi connectivity index (χ0v) is 15.3. The van der Waals surface area contributed by atoms with Gasteiger partial charge in [-0.25, -0.2) is 9.78 Å². The SMILES string of the molecule is CCOC(=O)c1ccc([C@H](C)Nc2nccc3c2CN(CC)C3=O)cc1. The normalized spacial score (nSPS) is 14.1. The Kier molecular flexibility index (Phi) is 5.21. The molecule has 0 radical (unpaired) electrons. The standard InChI is InChI=1S/C20H23N3O3/c1-4-23-12-17-16(19(23)24)10-11-21-18(17)22-13(3)14-6-8-15(9-7-14)20(25)26-5-2/h6-11,13H,4-5,12H2,1-3H3,(H,21,22)/t13-/m0/s1. The number of aromatic nitrogens is 1. The Morgan fingerprint density at radius 1 is 1.27 bits per heavy atom. The Bertz CT molecular complexity index is 818. The van der Waals surface area contributed by atoms with Crippen molar-refractivity contribution >= 4 is 17.7 Å². The predicted octanol–water partition coefficient (Wildman–Crippen LogP) is 3.41. The van der Waals surface area contributed by atoms with E-state index in [0.717, 1.165) is 16.9 Å². The van der Waals surface area contributed by atoms with Gasteiger partial charge < -0.3 is 15.0 Å². The number of benzene rings is 1. The fourth-order valence-electron chi connectivity index (χ4n) is 3.08. The van der Waals surface area contributed by atoms with Crippen molar-refractivity contribution in [2.75, 3.05) is 18.5 Å². The molecule has 1 aliphatic heterocycles. The Balaban J connectivity index is 1.76. The third-order valence-corrected chi connectivity index (χ3v) is 4.58. The van der Waals surface area contributed by atoms with Crippen molar-refractivity contribution < 1.29 is 14.3 Å². The minimum atomic E-state index is -0.319. The van der Waals surface area contributed by atoms with E-state index < -0.39 is 0 Å². The first-order chi connectivity index (χ1) is 12.5. The summed E-state index contributed by atoms with van der Waals surface area (Å²) in [4.78, 5) is 30.3. The van der Waals surface area contributed by atoms with E-state index in [9.17, 15) is 9.59 Å². The average Bonchev–Trinajstić information content (AvgIpc) is 2.99. The monoisotopic (exact) mass is 353 g/mol. The zero-order chi connectivity index (χ0) is 18.7. The molecule has 1 aliphatic rings.